The van der Waals surface area contributed by atoms with Gasteiger partial charge in [-0.25, -0.2) is 0 Å². The number of phenols is 1. The Morgan fingerprint density at radius 2 is 2.13 bits per heavy atom. The van der Waals surface area contributed by atoms with Gasteiger partial charge in [0, 0.05) is 6.04 Å². The Balaban J connectivity index is 0.00000196. The van der Waals surface area contributed by atoms with Crippen molar-refractivity contribution in [2.45, 2.75) is 32.2 Å². The first-order valence-corrected chi connectivity index (χ1v) is 5.68. The molecule has 0 saturated heterocycles. The topological polar surface area (TPSA) is 46.2 Å². The van der Waals surface area contributed by atoms with Crippen LogP contribution < -0.4 is 5.73 Å². The number of halogens is 2. The van der Waals surface area contributed by atoms with Gasteiger partial charge in [0.2, 0.25) is 0 Å². The van der Waals surface area contributed by atoms with Gasteiger partial charge in [-0.1, -0.05) is 25.8 Å². The summed E-state index contributed by atoms with van der Waals surface area (Å²) in [4.78, 5) is 0. The smallest absolute Gasteiger partial charge is 0.129 e. The minimum Gasteiger partial charge on any atom is -0.507 e. The third-order valence-corrected chi connectivity index (χ3v) is 2.90. The van der Waals surface area contributed by atoms with Gasteiger partial charge in [0.25, 0.3) is 0 Å². The zero-order valence-corrected chi connectivity index (χ0v) is 11.1. The van der Waals surface area contributed by atoms with Crippen LogP contribution in [0.5, 0.6) is 5.75 Å². The fourth-order valence-corrected chi connectivity index (χ4v) is 1.74. The molecule has 86 valence electrons. The minimum absolute atomic E-state index is 0. The molecule has 0 aliphatic rings. The van der Waals surface area contributed by atoms with E-state index in [1.54, 1.807) is 6.07 Å². The fourth-order valence-electron chi connectivity index (χ4n) is 1.34. The molecule has 0 heterocycles. The van der Waals surface area contributed by atoms with Crippen molar-refractivity contribution < 1.29 is 5.11 Å². The second-order valence-electron chi connectivity index (χ2n) is 3.46. The molecule has 1 rings (SSSR count). The van der Waals surface area contributed by atoms with Crippen molar-refractivity contribution in [3.8, 4) is 5.75 Å². The third kappa shape index (κ3) is 4.41. The van der Waals surface area contributed by atoms with Crippen LogP contribution in [-0.2, 0) is 0 Å². The molecular formula is C11H17BrClNO. The number of phenolic OH excluding ortho intramolecular Hbond substituents is 1. The molecule has 0 spiro atoms. The molecule has 15 heavy (non-hydrogen) atoms. The second kappa shape index (κ2) is 7.09. The summed E-state index contributed by atoms with van der Waals surface area (Å²) in [6, 6.07) is 5.51. The fraction of sp³-hybridized carbons (Fsp3) is 0.455. The van der Waals surface area contributed by atoms with Crippen molar-refractivity contribution in [3.63, 3.8) is 0 Å². The molecule has 0 saturated carbocycles. The van der Waals surface area contributed by atoms with Crippen LogP contribution in [0.4, 0.5) is 0 Å². The average Bonchev–Trinajstić information content (AvgIpc) is 2.18. The Morgan fingerprint density at radius 1 is 1.47 bits per heavy atom. The van der Waals surface area contributed by atoms with Gasteiger partial charge < -0.3 is 10.8 Å². The molecule has 0 bridgehead atoms. The van der Waals surface area contributed by atoms with Gasteiger partial charge in [0.05, 0.1) is 4.47 Å². The Morgan fingerprint density at radius 3 is 2.67 bits per heavy atom. The van der Waals surface area contributed by atoms with E-state index in [1.165, 1.54) is 0 Å². The van der Waals surface area contributed by atoms with Gasteiger partial charge in [-0.3, -0.25) is 0 Å². The van der Waals surface area contributed by atoms with Gasteiger partial charge in [-0.05, 0) is 40.0 Å². The summed E-state index contributed by atoms with van der Waals surface area (Å²) in [5.74, 6) is 0.261. The molecule has 0 radical (unpaired) electrons. The van der Waals surface area contributed by atoms with Crippen molar-refractivity contribution in [1.82, 2.24) is 0 Å². The van der Waals surface area contributed by atoms with E-state index in [2.05, 4.69) is 22.9 Å². The first kappa shape index (κ1) is 14.8. The molecule has 3 N–H and O–H groups in total. The van der Waals surface area contributed by atoms with Crippen molar-refractivity contribution in [1.29, 1.82) is 0 Å². The number of hydrogen-bond donors (Lipinski definition) is 2. The number of aromatic hydroxyl groups is 1. The van der Waals surface area contributed by atoms with Crippen LogP contribution in [0.1, 0.15) is 37.8 Å². The Hall–Kier alpha value is -0.250. The normalized spacial score (nSPS) is 11.9. The summed E-state index contributed by atoms with van der Waals surface area (Å²) in [7, 11) is 0. The lowest BCUT2D eigenvalue weighted by atomic mass is 10.0. The van der Waals surface area contributed by atoms with Gasteiger partial charge in [0.15, 0.2) is 0 Å². The molecule has 4 heteroatoms. The van der Waals surface area contributed by atoms with Crippen LogP contribution in [0.25, 0.3) is 0 Å². The van der Waals surface area contributed by atoms with E-state index in [0.717, 1.165) is 24.8 Å². The summed E-state index contributed by atoms with van der Waals surface area (Å²) >= 11 is 3.28. The number of hydrogen-bond acceptors (Lipinski definition) is 2. The third-order valence-electron chi connectivity index (χ3n) is 2.27. The largest absolute Gasteiger partial charge is 0.507 e. The van der Waals surface area contributed by atoms with Crippen LogP contribution in [-0.4, -0.2) is 5.11 Å². The first-order valence-electron chi connectivity index (χ1n) is 4.89. The molecule has 0 aliphatic heterocycles. The van der Waals surface area contributed by atoms with Gasteiger partial charge in [-0.15, -0.1) is 12.4 Å². The number of rotatable bonds is 4. The molecule has 0 amide bonds. The van der Waals surface area contributed by atoms with Crippen molar-refractivity contribution in [3.05, 3.63) is 28.2 Å². The Kier molecular flexibility index (Phi) is 6.98. The van der Waals surface area contributed by atoms with Crippen molar-refractivity contribution >= 4 is 28.3 Å². The molecule has 1 aromatic carbocycles. The van der Waals surface area contributed by atoms with Crippen molar-refractivity contribution in [2.24, 2.45) is 5.73 Å². The summed E-state index contributed by atoms with van der Waals surface area (Å²) in [6.45, 7) is 2.15. The van der Waals surface area contributed by atoms with E-state index in [0.29, 0.717) is 4.47 Å². The van der Waals surface area contributed by atoms with Crippen LogP contribution in [0.2, 0.25) is 0 Å². The first-order chi connectivity index (χ1) is 6.65. The van der Waals surface area contributed by atoms with Crippen LogP contribution in [0, 0.1) is 0 Å². The molecule has 2 nitrogen and oxygen atoms in total. The van der Waals surface area contributed by atoms with E-state index in [1.807, 2.05) is 12.1 Å². The van der Waals surface area contributed by atoms with E-state index < -0.39 is 0 Å². The summed E-state index contributed by atoms with van der Waals surface area (Å²) in [5.41, 5.74) is 7.07. The number of unbranched alkanes of at least 4 members (excludes halogenated alkanes) is 1. The predicted octanol–water partition coefficient (Wildman–Crippen LogP) is 3.77. The predicted molar refractivity (Wildman–Crippen MR) is 69.5 cm³/mol. The zero-order chi connectivity index (χ0) is 10.6. The van der Waals surface area contributed by atoms with E-state index in [4.69, 9.17) is 5.73 Å². The van der Waals surface area contributed by atoms with E-state index in [9.17, 15) is 5.11 Å². The number of nitrogens with two attached hydrogens (primary N) is 1. The monoisotopic (exact) mass is 293 g/mol. The lowest BCUT2D eigenvalue weighted by Crippen LogP contribution is -2.09. The molecule has 1 aromatic rings. The summed E-state index contributed by atoms with van der Waals surface area (Å²) in [6.07, 6.45) is 3.29. The maximum Gasteiger partial charge on any atom is 0.129 e. The maximum absolute atomic E-state index is 9.31. The molecule has 1 atom stereocenters. The zero-order valence-electron chi connectivity index (χ0n) is 8.74. The molecule has 0 aromatic heterocycles. The highest BCUT2D eigenvalue weighted by molar-refractivity contribution is 9.10. The van der Waals surface area contributed by atoms with Gasteiger partial charge >= 0.3 is 0 Å². The minimum atomic E-state index is 0. The standard InChI is InChI=1S/C11H16BrNO.ClH/c1-2-3-4-10(13)8-5-6-11(14)9(12)7-8;/h5-7,10,14H,2-4,13H2,1H3;1H/t10-;/m0./s1. The summed E-state index contributed by atoms with van der Waals surface area (Å²) < 4.78 is 0.710. The van der Waals surface area contributed by atoms with Crippen LogP contribution in [0.15, 0.2) is 22.7 Å². The average molecular weight is 295 g/mol. The van der Waals surface area contributed by atoms with Gasteiger partial charge in [-0.2, -0.15) is 0 Å². The second-order valence-corrected chi connectivity index (χ2v) is 4.31. The maximum atomic E-state index is 9.31. The molecule has 0 unspecified atom stereocenters. The molecule has 0 fully saturated rings. The highest BCUT2D eigenvalue weighted by Gasteiger charge is 2.07. The van der Waals surface area contributed by atoms with Crippen LogP contribution in [0.3, 0.4) is 0 Å². The SMILES string of the molecule is CCCC[C@H](N)c1ccc(O)c(Br)c1.Cl. The highest BCUT2D eigenvalue weighted by atomic mass is 79.9. The van der Waals surface area contributed by atoms with Gasteiger partial charge in [0.1, 0.15) is 5.75 Å². The quantitative estimate of drug-likeness (QED) is 0.888. The van der Waals surface area contributed by atoms with Crippen molar-refractivity contribution in [2.75, 3.05) is 0 Å². The Labute approximate surface area is 105 Å². The Bertz CT molecular complexity index is 307. The van der Waals surface area contributed by atoms with Crippen LogP contribution >= 0.6 is 28.3 Å². The van der Waals surface area contributed by atoms with E-state index >= 15 is 0 Å². The number of benzene rings is 1. The summed E-state index contributed by atoms with van der Waals surface area (Å²) in [5, 5.41) is 9.31. The highest BCUT2D eigenvalue weighted by Crippen LogP contribution is 2.27. The lowest BCUT2D eigenvalue weighted by molar-refractivity contribution is 0.471. The van der Waals surface area contributed by atoms with E-state index in [-0.39, 0.29) is 24.2 Å². The molecule has 0 aliphatic carbocycles. The molecular weight excluding hydrogens is 277 g/mol. The lowest BCUT2D eigenvalue weighted by Gasteiger charge is -2.12.